The molecule has 0 aromatic heterocycles. The van der Waals surface area contributed by atoms with Gasteiger partial charge in [-0.15, -0.1) is 0 Å². The summed E-state index contributed by atoms with van der Waals surface area (Å²) >= 11 is 0. The van der Waals surface area contributed by atoms with Crippen molar-refractivity contribution in [2.75, 3.05) is 13.2 Å². The van der Waals surface area contributed by atoms with E-state index in [1.165, 1.54) is 193 Å². The second-order valence-electron chi connectivity index (χ2n) is 19.6. The van der Waals surface area contributed by atoms with Crippen molar-refractivity contribution in [1.29, 1.82) is 0 Å². The number of carbonyl (C=O) groups excluding carboxylic acids is 3. The van der Waals surface area contributed by atoms with Crippen molar-refractivity contribution in [3.63, 3.8) is 0 Å². The molecule has 0 aliphatic carbocycles. The van der Waals surface area contributed by atoms with E-state index in [4.69, 9.17) is 14.2 Å². The molecule has 0 saturated heterocycles. The average Bonchev–Trinajstić information content (AvgIpc) is 3.31. The summed E-state index contributed by atoms with van der Waals surface area (Å²) in [4.78, 5) is 38.1. The van der Waals surface area contributed by atoms with Crippen LogP contribution in [0.5, 0.6) is 0 Å². The van der Waals surface area contributed by atoms with Gasteiger partial charge in [0.25, 0.3) is 0 Å². The molecule has 6 nitrogen and oxygen atoms in total. The van der Waals surface area contributed by atoms with Crippen LogP contribution in [0.25, 0.3) is 0 Å². The Morgan fingerprint density at radius 2 is 0.545 bits per heavy atom. The third-order valence-corrected chi connectivity index (χ3v) is 12.9. The van der Waals surface area contributed by atoms with Crippen LogP contribution < -0.4 is 0 Å². The molecule has 0 saturated carbocycles. The Balaban J connectivity index is 4.34. The lowest BCUT2D eigenvalue weighted by atomic mass is 10.0. The largest absolute Gasteiger partial charge is 0.462 e. The summed E-state index contributed by atoms with van der Waals surface area (Å²) in [6.07, 6.45) is 65.6. The average molecular weight is 928 g/mol. The first-order chi connectivity index (χ1) is 32.5. The molecule has 66 heavy (non-hydrogen) atoms. The SMILES string of the molecule is CCCCC/C=C\C/C=C\CCCCCCCCCC(=O)O[C@H](COC(=O)CCCCCCC/C=C\CCCCCC)COC(=O)CCCCCCCCCCCCCCCCCCCC. The van der Waals surface area contributed by atoms with Crippen molar-refractivity contribution >= 4 is 17.9 Å². The fourth-order valence-corrected chi connectivity index (χ4v) is 8.47. The second-order valence-corrected chi connectivity index (χ2v) is 19.6. The first-order valence-electron chi connectivity index (χ1n) is 29.0. The molecule has 386 valence electrons. The second kappa shape index (κ2) is 55.2. The van der Waals surface area contributed by atoms with Crippen molar-refractivity contribution < 1.29 is 28.6 Å². The van der Waals surface area contributed by atoms with Crippen molar-refractivity contribution in [2.24, 2.45) is 0 Å². The summed E-state index contributed by atoms with van der Waals surface area (Å²) in [5, 5.41) is 0. The third-order valence-electron chi connectivity index (χ3n) is 12.9. The Labute approximate surface area is 410 Å². The molecule has 0 bridgehead atoms. The van der Waals surface area contributed by atoms with E-state index in [1.54, 1.807) is 0 Å². The molecule has 0 aromatic rings. The van der Waals surface area contributed by atoms with E-state index in [9.17, 15) is 14.4 Å². The van der Waals surface area contributed by atoms with E-state index in [1.807, 2.05) is 0 Å². The summed E-state index contributed by atoms with van der Waals surface area (Å²) in [7, 11) is 0. The number of allylic oxidation sites excluding steroid dienone is 6. The molecule has 0 radical (unpaired) electrons. The Kier molecular flexibility index (Phi) is 53.2. The van der Waals surface area contributed by atoms with Gasteiger partial charge >= 0.3 is 17.9 Å². The highest BCUT2D eigenvalue weighted by atomic mass is 16.6. The van der Waals surface area contributed by atoms with Gasteiger partial charge in [-0.25, -0.2) is 0 Å². The van der Waals surface area contributed by atoms with Gasteiger partial charge in [0.15, 0.2) is 6.10 Å². The van der Waals surface area contributed by atoms with Gasteiger partial charge in [0.1, 0.15) is 13.2 Å². The number of esters is 3. The van der Waals surface area contributed by atoms with E-state index in [2.05, 4.69) is 57.2 Å². The molecule has 0 fully saturated rings. The first kappa shape index (κ1) is 63.6. The molecular weight excluding hydrogens is 817 g/mol. The van der Waals surface area contributed by atoms with Gasteiger partial charge in [-0.1, -0.05) is 250 Å². The van der Waals surface area contributed by atoms with Crippen LogP contribution in [0.3, 0.4) is 0 Å². The number of ether oxygens (including phenoxy) is 3. The molecule has 0 N–H and O–H groups in total. The molecule has 0 aliphatic rings. The molecule has 0 amide bonds. The molecule has 1 atom stereocenters. The predicted octanol–water partition coefficient (Wildman–Crippen LogP) is 19.3. The Morgan fingerprint density at radius 3 is 0.894 bits per heavy atom. The fourth-order valence-electron chi connectivity index (χ4n) is 8.47. The van der Waals surface area contributed by atoms with E-state index >= 15 is 0 Å². The monoisotopic (exact) mass is 927 g/mol. The third kappa shape index (κ3) is 52.6. The van der Waals surface area contributed by atoms with E-state index in [0.29, 0.717) is 19.3 Å². The molecule has 0 unspecified atom stereocenters. The molecule has 0 aromatic carbocycles. The number of rotatable bonds is 53. The standard InChI is InChI=1S/C60H110O6/c1-4-7-10-13-16-19-22-25-27-29-31-32-35-38-41-44-47-50-53-59(62)65-56-57(55-64-58(61)52-49-46-43-40-37-34-24-21-18-15-12-9-6-3)66-60(63)54-51-48-45-42-39-36-33-30-28-26-23-20-17-14-11-8-5-2/h17,20-21,24,26,28,57H,4-16,18-19,22-23,25,27,29-56H2,1-3H3/b20-17-,24-21-,28-26-/t57-/m1/s1. The lowest BCUT2D eigenvalue weighted by Crippen LogP contribution is -2.30. The van der Waals surface area contributed by atoms with Gasteiger partial charge in [-0.3, -0.25) is 14.4 Å². The van der Waals surface area contributed by atoms with Crippen molar-refractivity contribution in [1.82, 2.24) is 0 Å². The zero-order valence-electron chi connectivity index (χ0n) is 44.2. The van der Waals surface area contributed by atoms with Gasteiger partial charge in [0.05, 0.1) is 0 Å². The van der Waals surface area contributed by atoms with Crippen LogP contribution in [0.2, 0.25) is 0 Å². The van der Waals surface area contributed by atoms with Gasteiger partial charge in [0.2, 0.25) is 0 Å². The highest BCUT2D eigenvalue weighted by Crippen LogP contribution is 2.16. The zero-order valence-corrected chi connectivity index (χ0v) is 44.2. The number of hydrogen-bond acceptors (Lipinski definition) is 6. The summed E-state index contributed by atoms with van der Waals surface area (Å²) in [5.74, 6) is -0.874. The van der Waals surface area contributed by atoms with E-state index in [-0.39, 0.29) is 31.1 Å². The zero-order chi connectivity index (χ0) is 47.9. The lowest BCUT2D eigenvalue weighted by Gasteiger charge is -2.18. The minimum atomic E-state index is -0.777. The Hall–Kier alpha value is -2.37. The maximum atomic E-state index is 12.8. The maximum absolute atomic E-state index is 12.8. The number of hydrogen-bond donors (Lipinski definition) is 0. The van der Waals surface area contributed by atoms with E-state index < -0.39 is 6.10 Å². The van der Waals surface area contributed by atoms with Crippen LogP contribution in [-0.2, 0) is 28.6 Å². The minimum Gasteiger partial charge on any atom is -0.462 e. The first-order valence-corrected chi connectivity index (χ1v) is 29.0. The summed E-state index contributed by atoms with van der Waals surface area (Å²) < 4.78 is 16.9. The van der Waals surface area contributed by atoms with Gasteiger partial charge < -0.3 is 14.2 Å². The number of carbonyl (C=O) groups is 3. The molecule has 0 spiro atoms. The predicted molar refractivity (Wildman–Crippen MR) is 284 cm³/mol. The molecular formula is C60H110O6. The van der Waals surface area contributed by atoms with Crippen LogP contribution in [0.1, 0.15) is 310 Å². The van der Waals surface area contributed by atoms with Crippen molar-refractivity contribution in [2.45, 2.75) is 316 Å². The van der Waals surface area contributed by atoms with Crippen LogP contribution in [0.4, 0.5) is 0 Å². The Bertz CT molecular complexity index is 1110. The van der Waals surface area contributed by atoms with Crippen molar-refractivity contribution in [3.05, 3.63) is 36.5 Å². The molecule has 0 rings (SSSR count). The highest BCUT2D eigenvalue weighted by Gasteiger charge is 2.19. The topological polar surface area (TPSA) is 78.9 Å². The normalized spacial score (nSPS) is 12.2. The molecule has 6 heteroatoms. The molecule has 0 aliphatic heterocycles. The summed E-state index contributed by atoms with van der Waals surface area (Å²) in [5.41, 5.74) is 0. The van der Waals surface area contributed by atoms with Crippen LogP contribution in [0.15, 0.2) is 36.5 Å². The van der Waals surface area contributed by atoms with E-state index in [0.717, 1.165) is 77.0 Å². The fraction of sp³-hybridized carbons (Fsp3) is 0.850. The van der Waals surface area contributed by atoms with Gasteiger partial charge in [-0.2, -0.15) is 0 Å². The number of unbranched alkanes of at least 4 members (excludes halogenated alkanes) is 36. The van der Waals surface area contributed by atoms with Crippen LogP contribution in [-0.4, -0.2) is 37.2 Å². The van der Waals surface area contributed by atoms with Crippen LogP contribution in [0, 0.1) is 0 Å². The molecule has 0 heterocycles. The highest BCUT2D eigenvalue weighted by molar-refractivity contribution is 5.71. The van der Waals surface area contributed by atoms with Gasteiger partial charge in [0, 0.05) is 19.3 Å². The van der Waals surface area contributed by atoms with Gasteiger partial charge in [-0.05, 0) is 77.0 Å². The summed E-state index contributed by atoms with van der Waals surface area (Å²) in [6.45, 7) is 6.63. The lowest BCUT2D eigenvalue weighted by molar-refractivity contribution is -0.167. The smallest absolute Gasteiger partial charge is 0.306 e. The summed E-state index contributed by atoms with van der Waals surface area (Å²) in [6, 6.07) is 0. The van der Waals surface area contributed by atoms with Crippen molar-refractivity contribution in [3.8, 4) is 0 Å². The maximum Gasteiger partial charge on any atom is 0.306 e. The Morgan fingerprint density at radius 1 is 0.303 bits per heavy atom. The minimum absolute atomic E-state index is 0.0744. The quantitative estimate of drug-likeness (QED) is 0.0262. The van der Waals surface area contributed by atoms with Crippen LogP contribution >= 0.6 is 0 Å².